The van der Waals surface area contributed by atoms with E-state index in [0.717, 1.165) is 11.4 Å². The van der Waals surface area contributed by atoms with E-state index in [9.17, 15) is 4.79 Å². The number of morpholine rings is 1. The van der Waals surface area contributed by atoms with Crippen LogP contribution in [0.25, 0.3) is 23.0 Å². The number of piperazine rings is 1. The summed E-state index contributed by atoms with van der Waals surface area (Å²) in [7, 11) is 0. The maximum atomic E-state index is 12.7. The number of hydrogen-bond acceptors (Lipinski definition) is 8. The van der Waals surface area contributed by atoms with Crippen molar-refractivity contribution in [1.29, 1.82) is 0 Å². The average molecular weight is 421 g/mol. The molecule has 2 amide bonds. The summed E-state index contributed by atoms with van der Waals surface area (Å²) in [6.45, 7) is 5.18. The van der Waals surface area contributed by atoms with Gasteiger partial charge in [0.1, 0.15) is 11.5 Å². The number of urea groups is 1. The molecule has 0 radical (unpaired) electrons. The first-order valence-electron chi connectivity index (χ1n) is 10.4. The van der Waals surface area contributed by atoms with E-state index < -0.39 is 0 Å². The van der Waals surface area contributed by atoms with Crippen molar-refractivity contribution in [1.82, 2.24) is 30.0 Å². The number of anilines is 1. The topological polar surface area (TPSA) is 101 Å². The SMILES string of the molecule is O=C(N1CCOCC1)N1CCN(c2cncc(-c3nnc(-c4ccccc4)o3)n2)CC1. The summed E-state index contributed by atoms with van der Waals surface area (Å²) in [5.74, 6) is 1.50. The van der Waals surface area contributed by atoms with Crippen molar-refractivity contribution >= 4 is 11.8 Å². The molecule has 0 spiro atoms. The van der Waals surface area contributed by atoms with Crippen LogP contribution in [-0.4, -0.2) is 88.5 Å². The van der Waals surface area contributed by atoms with Crippen molar-refractivity contribution in [2.45, 2.75) is 0 Å². The lowest BCUT2D eigenvalue weighted by atomic mass is 10.2. The fourth-order valence-corrected chi connectivity index (χ4v) is 3.72. The Balaban J connectivity index is 1.25. The fourth-order valence-electron chi connectivity index (χ4n) is 3.72. The van der Waals surface area contributed by atoms with E-state index >= 15 is 0 Å². The van der Waals surface area contributed by atoms with Crippen LogP contribution >= 0.6 is 0 Å². The van der Waals surface area contributed by atoms with Gasteiger partial charge < -0.3 is 23.9 Å². The number of carbonyl (C=O) groups excluding carboxylic acids is 1. The Morgan fingerprint density at radius 1 is 0.839 bits per heavy atom. The number of carbonyl (C=O) groups is 1. The minimum atomic E-state index is 0.0853. The molecular weight excluding hydrogens is 398 g/mol. The van der Waals surface area contributed by atoms with Gasteiger partial charge in [-0.1, -0.05) is 18.2 Å². The number of hydrogen-bond donors (Lipinski definition) is 0. The van der Waals surface area contributed by atoms with Crippen LogP contribution in [0.3, 0.4) is 0 Å². The highest BCUT2D eigenvalue weighted by Crippen LogP contribution is 2.24. The second-order valence-corrected chi connectivity index (χ2v) is 7.40. The van der Waals surface area contributed by atoms with Gasteiger partial charge in [-0.05, 0) is 12.1 Å². The van der Waals surface area contributed by atoms with Gasteiger partial charge in [-0.25, -0.2) is 9.78 Å². The maximum absolute atomic E-state index is 12.7. The van der Waals surface area contributed by atoms with Crippen LogP contribution < -0.4 is 4.90 Å². The zero-order valence-electron chi connectivity index (χ0n) is 17.1. The molecule has 3 aromatic rings. The summed E-state index contributed by atoms with van der Waals surface area (Å²) in [5.41, 5.74) is 1.38. The molecule has 0 atom stereocenters. The highest BCUT2D eigenvalue weighted by molar-refractivity contribution is 5.75. The van der Waals surface area contributed by atoms with Gasteiger partial charge >= 0.3 is 6.03 Å². The maximum Gasteiger partial charge on any atom is 0.320 e. The van der Waals surface area contributed by atoms with E-state index in [1.165, 1.54) is 0 Å². The first kappa shape index (κ1) is 19.4. The third-order valence-corrected chi connectivity index (χ3v) is 5.44. The van der Waals surface area contributed by atoms with E-state index in [-0.39, 0.29) is 6.03 Å². The second-order valence-electron chi connectivity index (χ2n) is 7.40. The molecule has 5 rings (SSSR count). The van der Waals surface area contributed by atoms with Crippen LogP contribution in [0.15, 0.2) is 47.1 Å². The Bertz CT molecular complexity index is 1030. The molecule has 2 aromatic heterocycles. The van der Waals surface area contributed by atoms with Crippen molar-refractivity contribution in [3.05, 3.63) is 42.7 Å². The van der Waals surface area contributed by atoms with Crippen LogP contribution in [0.2, 0.25) is 0 Å². The number of rotatable bonds is 3. The largest absolute Gasteiger partial charge is 0.415 e. The third-order valence-electron chi connectivity index (χ3n) is 5.44. The quantitative estimate of drug-likeness (QED) is 0.631. The standard InChI is InChI=1S/C21H23N7O3/c29-21(28-10-12-30-13-11-28)27-8-6-26(7-9-27)18-15-22-14-17(23-18)20-25-24-19(31-20)16-4-2-1-3-5-16/h1-5,14-15H,6-13H2. The Morgan fingerprint density at radius 2 is 1.55 bits per heavy atom. The van der Waals surface area contributed by atoms with Crippen LogP contribution in [0, 0.1) is 0 Å². The average Bonchev–Trinajstić information content (AvgIpc) is 3.35. The van der Waals surface area contributed by atoms with Gasteiger partial charge in [0.05, 0.1) is 25.6 Å². The molecule has 0 bridgehead atoms. The summed E-state index contributed by atoms with van der Waals surface area (Å²) in [5, 5.41) is 8.25. The van der Waals surface area contributed by atoms with Crippen molar-refractivity contribution in [3.8, 4) is 23.0 Å². The van der Waals surface area contributed by atoms with Crippen molar-refractivity contribution in [2.24, 2.45) is 0 Å². The van der Waals surface area contributed by atoms with Gasteiger partial charge in [-0.2, -0.15) is 0 Å². The van der Waals surface area contributed by atoms with Gasteiger partial charge in [0, 0.05) is 44.8 Å². The van der Waals surface area contributed by atoms with Gasteiger partial charge in [-0.3, -0.25) is 4.98 Å². The summed E-state index contributed by atoms with van der Waals surface area (Å²) >= 11 is 0. The molecule has 31 heavy (non-hydrogen) atoms. The molecule has 2 aliphatic rings. The van der Waals surface area contributed by atoms with Crippen LogP contribution in [0.5, 0.6) is 0 Å². The number of amides is 2. The first-order valence-corrected chi connectivity index (χ1v) is 10.4. The number of nitrogens with zero attached hydrogens (tertiary/aromatic N) is 7. The molecular formula is C21H23N7O3. The minimum absolute atomic E-state index is 0.0853. The Hall–Kier alpha value is -3.53. The lowest BCUT2D eigenvalue weighted by Crippen LogP contribution is -2.55. The summed E-state index contributed by atoms with van der Waals surface area (Å²) in [4.78, 5) is 27.5. The molecule has 2 fully saturated rings. The predicted molar refractivity (Wildman–Crippen MR) is 112 cm³/mol. The fraction of sp³-hybridized carbons (Fsp3) is 0.381. The lowest BCUT2D eigenvalue weighted by Gasteiger charge is -2.38. The summed E-state index contributed by atoms with van der Waals surface area (Å²) in [6, 6.07) is 9.69. The molecule has 10 heteroatoms. The molecule has 0 aliphatic carbocycles. The summed E-state index contributed by atoms with van der Waals surface area (Å²) in [6.07, 6.45) is 3.33. The van der Waals surface area contributed by atoms with Crippen molar-refractivity contribution in [2.75, 3.05) is 57.4 Å². The second kappa shape index (κ2) is 8.68. The predicted octanol–water partition coefficient (Wildman–Crippen LogP) is 1.77. The van der Waals surface area contributed by atoms with E-state index in [2.05, 4.69) is 25.1 Å². The Kier molecular flexibility index (Phi) is 5.44. The van der Waals surface area contributed by atoms with Crippen molar-refractivity contribution < 1.29 is 13.9 Å². The minimum Gasteiger partial charge on any atom is -0.415 e. The number of ether oxygens (including phenoxy) is 1. The van der Waals surface area contributed by atoms with Crippen LogP contribution in [0.4, 0.5) is 10.6 Å². The van der Waals surface area contributed by atoms with Gasteiger partial charge in [0.25, 0.3) is 5.89 Å². The van der Waals surface area contributed by atoms with Crippen LogP contribution in [0.1, 0.15) is 0 Å². The zero-order chi connectivity index (χ0) is 21.0. The molecule has 10 nitrogen and oxygen atoms in total. The van der Waals surface area contributed by atoms with Crippen molar-refractivity contribution in [3.63, 3.8) is 0 Å². The highest BCUT2D eigenvalue weighted by Gasteiger charge is 2.27. The molecule has 1 aromatic carbocycles. The van der Waals surface area contributed by atoms with Crippen LogP contribution in [-0.2, 0) is 4.74 Å². The zero-order valence-corrected chi connectivity index (χ0v) is 17.1. The third kappa shape index (κ3) is 4.19. The first-order chi connectivity index (χ1) is 15.3. The highest BCUT2D eigenvalue weighted by atomic mass is 16.5. The molecule has 2 aliphatic heterocycles. The summed E-state index contributed by atoms with van der Waals surface area (Å²) < 4.78 is 11.1. The number of aromatic nitrogens is 4. The molecule has 2 saturated heterocycles. The van der Waals surface area contributed by atoms with Gasteiger partial charge in [0.2, 0.25) is 5.89 Å². The van der Waals surface area contributed by atoms with E-state index in [0.29, 0.717) is 70.0 Å². The number of benzene rings is 1. The van der Waals surface area contributed by atoms with E-state index in [4.69, 9.17) is 9.15 Å². The lowest BCUT2D eigenvalue weighted by molar-refractivity contribution is 0.0428. The van der Waals surface area contributed by atoms with Gasteiger partial charge in [0.15, 0.2) is 0 Å². The monoisotopic (exact) mass is 421 g/mol. The molecule has 0 saturated carbocycles. The van der Waals surface area contributed by atoms with E-state index in [1.54, 1.807) is 12.4 Å². The Labute approximate surface area is 179 Å². The smallest absolute Gasteiger partial charge is 0.320 e. The molecule has 0 N–H and O–H groups in total. The normalized spacial score (nSPS) is 17.1. The molecule has 160 valence electrons. The van der Waals surface area contributed by atoms with E-state index in [1.807, 2.05) is 40.1 Å². The molecule has 0 unspecified atom stereocenters. The molecule has 4 heterocycles. The van der Waals surface area contributed by atoms with Gasteiger partial charge in [-0.15, -0.1) is 10.2 Å². The Morgan fingerprint density at radius 3 is 2.32 bits per heavy atom.